The van der Waals surface area contributed by atoms with Gasteiger partial charge in [-0.15, -0.1) is 0 Å². The summed E-state index contributed by atoms with van der Waals surface area (Å²) in [6.45, 7) is 2.95. The van der Waals surface area contributed by atoms with E-state index in [-0.39, 0.29) is 11.8 Å². The zero-order valence-corrected chi connectivity index (χ0v) is 11.4. The lowest BCUT2D eigenvalue weighted by Crippen LogP contribution is -2.43. The Kier molecular flexibility index (Phi) is 6.08. The number of nitrogens with zero attached hydrogens (tertiary/aromatic N) is 1. The molecule has 0 aromatic heterocycles. The van der Waals surface area contributed by atoms with Gasteiger partial charge in [0.05, 0.1) is 6.61 Å². The fourth-order valence-corrected chi connectivity index (χ4v) is 1.57. The van der Waals surface area contributed by atoms with Gasteiger partial charge < -0.3 is 20.5 Å². The van der Waals surface area contributed by atoms with Crippen molar-refractivity contribution in [1.29, 1.82) is 0 Å². The van der Waals surface area contributed by atoms with Crippen molar-refractivity contribution in [1.82, 2.24) is 10.6 Å². The molecule has 0 heterocycles. The molecule has 106 valence electrons. The molecule has 0 aliphatic rings. The molecule has 1 atom stereocenters. The molecule has 1 unspecified atom stereocenters. The summed E-state index contributed by atoms with van der Waals surface area (Å²) in [5, 5.41) is 15.3. The number of phenolic OH excluding ortho intramolecular Hbond substituents is 1. The standard InChI is InChI=1S/C13H20FN3O2/c1-9(8-19-3)17-13(15-2)16-7-10-4-5-12(18)11(14)6-10/h4-6,9,18H,7-8H2,1-3H3,(H2,15,16,17). The minimum atomic E-state index is -0.630. The Morgan fingerprint density at radius 1 is 1.53 bits per heavy atom. The van der Waals surface area contributed by atoms with E-state index in [1.165, 1.54) is 12.1 Å². The Morgan fingerprint density at radius 2 is 2.26 bits per heavy atom. The summed E-state index contributed by atoms with van der Waals surface area (Å²) >= 11 is 0. The summed E-state index contributed by atoms with van der Waals surface area (Å²) in [6, 6.07) is 4.38. The van der Waals surface area contributed by atoms with Crippen LogP contribution in [0.25, 0.3) is 0 Å². The van der Waals surface area contributed by atoms with Crippen molar-refractivity contribution in [2.45, 2.75) is 19.5 Å². The number of aromatic hydroxyl groups is 1. The predicted octanol–water partition coefficient (Wildman–Crippen LogP) is 1.23. The van der Waals surface area contributed by atoms with Gasteiger partial charge in [0.15, 0.2) is 17.5 Å². The zero-order chi connectivity index (χ0) is 14.3. The number of phenols is 1. The quantitative estimate of drug-likeness (QED) is 0.555. The molecule has 0 saturated carbocycles. The Hall–Kier alpha value is -1.82. The molecule has 0 amide bonds. The average molecular weight is 269 g/mol. The molecule has 1 rings (SSSR count). The topological polar surface area (TPSA) is 65.9 Å². The lowest BCUT2D eigenvalue weighted by Gasteiger charge is -2.17. The van der Waals surface area contributed by atoms with Crippen molar-refractivity contribution in [2.75, 3.05) is 20.8 Å². The summed E-state index contributed by atoms with van der Waals surface area (Å²) in [6.07, 6.45) is 0. The van der Waals surface area contributed by atoms with Gasteiger partial charge in [0, 0.05) is 26.7 Å². The van der Waals surface area contributed by atoms with Crippen LogP contribution in [-0.4, -0.2) is 37.9 Å². The molecular weight excluding hydrogens is 249 g/mol. The number of halogens is 1. The monoisotopic (exact) mass is 269 g/mol. The smallest absolute Gasteiger partial charge is 0.191 e. The van der Waals surface area contributed by atoms with Crippen LogP contribution in [0.15, 0.2) is 23.2 Å². The van der Waals surface area contributed by atoms with Crippen molar-refractivity contribution in [2.24, 2.45) is 4.99 Å². The highest BCUT2D eigenvalue weighted by Gasteiger charge is 2.05. The highest BCUT2D eigenvalue weighted by molar-refractivity contribution is 5.79. The first kappa shape index (κ1) is 15.2. The van der Waals surface area contributed by atoms with E-state index in [1.807, 2.05) is 6.92 Å². The maximum Gasteiger partial charge on any atom is 0.191 e. The van der Waals surface area contributed by atoms with E-state index in [1.54, 1.807) is 20.2 Å². The highest BCUT2D eigenvalue weighted by Crippen LogP contribution is 2.15. The average Bonchev–Trinajstić information content (AvgIpc) is 2.38. The summed E-state index contributed by atoms with van der Waals surface area (Å²) in [4.78, 5) is 4.06. The number of aliphatic imine (C=N–C) groups is 1. The molecule has 0 fully saturated rings. The first-order chi connectivity index (χ1) is 9.06. The third-order valence-electron chi connectivity index (χ3n) is 2.50. The van der Waals surface area contributed by atoms with Crippen molar-refractivity contribution in [3.8, 4) is 5.75 Å². The van der Waals surface area contributed by atoms with Crippen LogP contribution in [0.5, 0.6) is 5.75 Å². The van der Waals surface area contributed by atoms with Gasteiger partial charge in [-0.05, 0) is 24.6 Å². The van der Waals surface area contributed by atoms with Gasteiger partial charge in [0.1, 0.15) is 0 Å². The summed E-state index contributed by atoms with van der Waals surface area (Å²) in [5.74, 6) is -0.368. The maximum absolute atomic E-state index is 13.2. The van der Waals surface area contributed by atoms with Crippen LogP contribution >= 0.6 is 0 Å². The fourth-order valence-electron chi connectivity index (χ4n) is 1.57. The SMILES string of the molecule is CN=C(NCc1ccc(O)c(F)c1)NC(C)COC. The minimum absolute atomic E-state index is 0.118. The number of benzene rings is 1. The van der Waals surface area contributed by atoms with E-state index in [2.05, 4.69) is 15.6 Å². The Bertz CT molecular complexity index is 438. The van der Waals surface area contributed by atoms with E-state index in [0.717, 1.165) is 5.56 Å². The third kappa shape index (κ3) is 5.13. The van der Waals surface area contributed by atoms with E-state index in [4.69, 9.17) is 9.84 Å². The molecule has 6 heteroatoms. The van der Waals surface area contributed by atoms with Crippen LogP contribution in [-0.2, 0) is 11.3 Å². The highest BCUT2D eigenvalue weighted by atomic mass is 19.1. The second kappa shape index (κ2) is 7.58. The molecule has 19 heavy (non-hydrogen) atoms. The zero-order valence-electron chi connectivity index (χ0n) is 11.4. The molecular formula is C13H20FN3O2. The predicted molar refractivity (Wildman–Crippen MR) is 72.7 cm³/mol. The number of hydrogen-bond donors (Lipinski definition) is 3. The van der Waals surface area contributed by atoms with Crippen molar-refractivity contribution < 1.29 is 14.2 Å². The largest absolute Gasteiger partial charge is 0.505 e. The molecule has 0 aliphatic heterocycles. The summed E-state index contributed by atoms with van der Waals surface area (Å²) < 4.78 is 18.2. The molecule has 1 aromatic carbocycles. The van der Waals surface area contributed by atoms with E-state index >= 15 is 0 Å². The first-order valence-corrected chi connectivity index (χ1v) is 6.00. The number of hydrogen-bond acceptors (Lipinski definition) is 3. The van der Waals surface area contributed by atoms with E-state index < -0.39 is 5.82 Å². The first-order valence-electron chi connectivity index (χ1n) is 6.00. The van der Waals surface area contributed by atoms with Gasteiger partial charge in [-0.1, -0.05) is 6.07 Å². The fraction of sp³-hybridized carbons (Fsp3) is 0.462. The molecule has 3 N–H and O–H groups in total. The lowest BCUT2D eigenvalue weighted by molar-refractivity contribution is 0.179. The van der Waals surface area contributed by atoms with Crippen LogP contribution in [0.1, 0.15) is 12.5 Å². The number of guanidine groups is 1. The Labute approximate surface area is 112 Å². The molecule has 0 aliphatic carbocycles. The van der Waals surface area contributed by atoms with Crippen molar-refractivity contribution in [3.05, 3.63) is 29.6 Å². The second-order valence-corrected chi connectivity index (χ2v) is 4.21. The number of nitrogens with one attached hydrogen (secondary N) is 2. The Morgan fingerprint density at radius 3 is 2.84 bits per heavy atom. The van der Waals surface area contributed by atoms with Gasteiger partial charge >= 0.3 is 0 Å². The third-order valence-corrected chi connectivity index (χ3v) is 2.50. The number of rotatable bonds is 5. The lowest BCUT2D eigenvalue weighted by atomic mass is 10.2. The van der Waals surface area contributed by atoms with Crippen molar-refractivity contribution >= 4 is 5.96 Å². The van der Waals surface area contributed by atoms with Gasteiger partial charge in [-0.3, -0.25) is 4.99 Å². The summed E-state index contributed by atoms with van der Waals surface area (Å²) in [7, 11) is 3.29. The normalized spacial score (nSPS) is 13.2. The number of ether oxygens (including phenoxy) is 1. The maximum atomic E-state index is 13.2. The van der Waals surface area contributed by atoms with Crippen LogP contribution < -0.4 is 10.6 Å². The molecule has 1 aromatic rings. The van der Waals surface area contributed by atoms with Gasteiger partial charge in [0.2, 0.25) is 0 Å². The van der Waals surface area contributed by atoms with Crippen LogP contribution in [0.4, 0.5) is 4.39 Å². The van der Waals surface area contributed by atoms with Gasteiger partial charge in [-0.25, -0.2) is 4.39 Å². The van der Waals surface area contributed by atoms with Gasteiger partial charge in [-0.2, -0.15) is 0 Å². The molecule has 0 radical (unpaired) electrons. The van der Waals surface area contributed by atoms with Crippen LogP contribution in [0.3, 0.4) is 0 Å². The van der Waals surface area contributed by atoms with Crippen LogP contribution in [0, 0.1) is 5.82 Å². The summed E-state index contributed by atoms with van der Waals surface area (Å²) in [5.41, 5.74) is 0.720. The number of methoxy groups -OCH3 is 1. The molecule has 0 spiro atoms. The van der Waals surface area contributed by atoms with Crippen molar-refractivity contribution in [3.63, 3.8) is 0 Å². The Balaban J connectivity index is 2.51. The minimum Gasteiger partial charge on any atom is -0.505 e. The molecule has 0 bridgehead atoms. The van der Waals surface area contributed by atoms with Gasteiger partial charge in [0.25, 0.3) is 0 Å². The molecule has 5 nitrogen and oxygen atoms in total. The van der Waals surface area contributed by atoms with Crippen LogP contribution in [0.2, 0.25) is 0 Å². The second-order valence-electron chi connectivity index (χ2n) is 4.21. The molecule has 0 saturated heterocycles. The van der Waals surface area contributed by atoms with E-state index in [9.17, 15) is 4.39 Å². The van der Waals surface area contributed by atoms with E-state index in [0.29, 0.717) is 19.1 Å².